The van der Waals surface area contributed by atoms with Crippen molar-refractivity contribution in [2.75, 3.05) is 0 Å². The third-order valence-electron chi connectivity index (χ3n) is 12.5. The second-order valence-electron chi connectivity index (χ2n) is 16.0. The van der Waals surface area contributed by atoms with Crippen LogP contribution in [0.1, 0.15) is 0 Å². The Hall–Kier alpha value is -8.41. The molecule has 13 rings (SSSR count). The standard InChI is InChI=1S/C57H35N5/c1-5-18-36(19-6-1)39-32-40(37-20-7-2-8-21-37)34-41(33-39)56-58-55(38-22-9-3-10-23-38)59-57(60-56)46-35-50-53-52-44(28-17-31-49(52)61(50)42-24-11-4-12-25-42)43-26-13-15-29-47(43)62-48-30-16-14-27-45(48)51(46)54(53)62/h1-35H. The van der Waals surface area contributed by atoms with Crippen molar-refractivity contribution in [3.8, 4) is 62.1 Å². The molecule has 0 N–H and O–H groups in total. The van der Waals surface area contributed by atoms with Crippen LogP contribution >= 0.6 is 0 Å². The number of hydrogen-bond donors (Lipinski definition) is 0. The molecule has 0 saturated carbocycles. The Morgan fingerprint density at radius 3 is 1.44 bits per heavy atom. The number of aromatic nitrogens is 5. The molecule has 0 amide bonds. The summed E-state index contributed by atoms with van der Waals surface area (Å²) in [6.45, 7) is 0. The van der Waals surface area contributed by atoms with Gasteiger partial charge in [-0.1, -0.05) is 158 Å². The third kappa shape index (κ3) is 5.18. The molecule has 9 aromatic carbocycles. The maximum atomic E-state index is 5.54. The molecule has 0 saturated heterocycles. The molecular formula is C57H35N5. The quantitative estimate of drug-likeness (QED) is 0.169. The Balaban J connectivity index is 1.20. The van der Waals surface area contributed by atoms with E-state index < -0.39 is 0 Å². The summed E-state index contributed by atoms with van der Waals surface area (Å²) in [7, 11) is 0. The van der Waals surface area contributed by atoms with Gasteiger partial charge in [0.1, 0.15) is 0 Å². The summed E-state index contributed by atoms with van der Waals surface area (Å²) in [6, 6.07) is 75.5. The van der Waals surface area contributed by atoms with Crippen LogP contribution in [0.3, 0.4) is 0 Å². The minimum absolute atomic E-state index is 0.612. The van der Waals surface area contributed by atoms with E-state index in [9.17, 15) is 0 Å². The first-order valence-electron chi connectivity index (χ1n) is 21.0. The van der Waals surface area contributed by atoms with Gasteiger partial charge in [-0.3, -0.25) is 0 Å². The van der Waals surface area contributed by atoms with Crippen LogP contribution in [0.4, 0.5) is 0 Å². The Bertz CT molecular complexity index is 3780. The van der Waals surface area contributed by atoms with Crippen molar-refractivity contribution >= 4 is 59.9 Å². The molecule has 0 aliphatic rings. The van der Waals surface area contributed by atoms with E-state index >= 15 is 0 Å². The van der Waals surface area contributed by atoms with Crippen LogP contribution in [0.5, 0.6) is 0 Å². The van der Waals surface area contributed by atoms with E-state index in [1.165, 1.54) is 21.5 Å². The predicted octanol–water partition coefficient (Wildman–Crippen LogP) is 14.5. The van der Waals surface area contributed by atoms with E-state index in [0.29, 0.717) is 17.5 Å². The van der Waals surface area contributed by atoms with Gasteiger partial charge in [-0.25, -0.2) is 15.0 Å². The van der Waals surface area contributed by atoms with Gasteiger partial charge in [0.05, 0.1) is 27.6 Å². The number of benzene rings is 9. The van der Waals surface area contributed by atoms with Gasteiger partial charge in [0.15, 0.2) is 17.5 Å². The molecular weight excluding hydrogens is 755 g/mol. The van der Waals surface area contributed by atoms with Crippen LogP contribution in [0, 0.1) is 0 Å². The molecule has 5 nitrogen and oxygen atoms in total. The van der Waals surface area contributed by atoms with Crippen molar-refractivity contribution in [3.05, 3.63) is 212 Å². The third-order valence-corrected chi connectivity index (χ3v) is 12.5. The molecule has 0 spiro atoms. The van der Waals surface area contributed by atoms with Gasteiger partial charge in [0.25, 0.3) is 0 Å². The average Bonchev–Trinajstić information content (AvgIpc) is 3.83. The van der Waals surface area contributed by atoms with Crippen LogP contribution in [0.2, 0.25) is 0 Å². The molecule has 0 aliphatic heterocycles. The zero-order valence-corrected chi connectivity index (χ0v) is 33.4. The van der Waals surface area contributed by atoms with Gasteiger partial charge in [0, 0.05) is 49.3 Å². The van der Waals surface area contributed by atoms with Gasteiger partial charge in [-0.05, 0) is 82.2 Å². The van der Waals surface area contributed by atoms with Gasteiger partial charge < -0.3 is 8.97 Å². The predicted molar refractivity (Wildman–Crippen MR) is 256 cm³/mol. The molecule has 0 radical (unpaired) electrons. The summed E-state index contributed by atoms with van der Waals surface area (Å²) in [5.74, 6) is 1.85. The number of rotatable bonds is 6. The number of para-hydroxylation sites is 3. The van der Waals surface area contributed by atoms with E-state index in [0.717, 1.165) is 83.0 Å². The van der Waals surface area contributed by atoms with Crippen molar-refractivity contribution in [2.45, 2.75) is 0 Å². The highest BCUT2D eigenvalue weighted by Gasteiger charge is 2.27. The van der Waals surface area contributed by atoms with Crippen LogP contribution in [0.25, 0.3) is 122 Å². The van der Waals surface area contributed by atoms with Gasteiger partial charge in [-0.15, -0.1) is 0 Å². The lowest BCUT2D eigenvalue weighted by molar-refractivity contribution is 1.08. The normalized spacial score (nSPS) is 11.9. The highest BCUT2D eigenvalue weighted by atomic mass is 15.0. The second-order valence-corrected chi connectivity index (χ2v) is 16.0. The molecule has 4 heterocycles. The molecule has 0 aliphatic carbocycles. The zero-order valence-electron chi connectivity index (χ0n) is 33.4. The number of fused-ring (bicyclic) bond motifs is 6. The second kappa shape index (κ2) is 13.6. The average molecular weight is 790 g/mol. The lowest BCUT2D eigenvalue weighted by Gasteiger charge is -2.14. The van der Waals surface area contributed by atoms with E-state index in [1.54, 1.807) is 0 Å². The molecule has 4 aromatic heterocycles. The molecule has 0 bridgehead atoms. The summed E-state index contributed by atoms with van der Waals surface area (Å²) >= 11 is 0. The topological polar surface area (TPSA) is 48.0 Å². The first-order chi connectivity index (χ1) is 30.8. The first kappa shape index (κ1) is 34.5. The Morgan fingerprint density at radius 1 is 0.290 bits per heavy atom. The van der Waals surface area contributed by atoms with Crippen LogP contribution in [-0.2, 0) is 0 Å². The van der Waals surface area contributed by atoms with Crippen LogP contribution in [-0.4, -0.2) is 23.9 Å². The van der Waals surface area contributed by atoms with Gasteiger partial charge in [-0.2, -0.15) is 0 Å². The maximum absolute atomic E-state index is 5.54. The molecule has 62 heavy (non-hydrogen) atoms. The maximum Gasteiger partial charge on any atom is 0.164 e. The number of hydrogen-bond acceptors (Lipinski definition) is 3. The van der Waals surface area contributed by atoms with E-state index in [1.807, 2.05) is 18.2 Å². The van der Waals surface area contributed by atoms with Crippen molar-refractivity contribution < 1.29 is 0 Å². The lowest BCUT2D eigenvalue weighted by Crippen LogP contribution is -2.01. The summed E-state index contributed by atoms with van der Waals surface area (Å²) < 4.78 is 4.90. The van der Waals surface area contributed by atoms with Crippen molar-refractivity contribution in [1.29, 1.82) is 0 Å². The Labute approximate surface area is 356 Å². The van der Waals surface area contributed by atoms with Gasteiger partial charge in [0.2, 0.25) is 0 Å². The van der Waals surface area contributed by atoms with E-state index in [2.05, 4.69) is 203 Å². The Kier molecular flexibility index (Phi) is 7.54. The van der Waals surface area contributed by atoms with Crippen molar-refractivity contribution in [2.24, 2.45) is 0 Å². The van der Waals surface area contributed by atoms with E-state index in [-0.39, 0.29) is 0 Å². The summed E-state index contributed by atoms with van der Waals surface area (Å²) in [4.78, 5) is 16.3. The fourth-order valence-electron chi connectivity index (χ4n) is 9.79. The van der Waals surface area contributed by atoms with Crippen LogP contribution < -0.4 is 0 Å². The smallest absolute Gasteiger partial charge is 0.164 e. The molecule has 5 heteroatoms. The summed E-state index contributed by atoms with van der Waals surface area (Å²) in [5.41, 5.74) is 14.0. The SMILES string of the molecule is c1ccc(-c2cc(-c3ccccc3)cc(-c3nc(-c4ccccc4)nc(-c4cc5c6c7c(cccc7n5-c5ccccc5)c5ccccc5n5c7ccccc7c4c65)n3)c2)cc1. The van der Waals surface area contributed by atoms with Crippen molar-refractivity contribution in [1.82, 2.24) is 23.9 Å². The fraction of sp³-hybridized carbons (Fsp3) is 0. The molecule has 0 unspecified atom stereocenters. The minimum atomic E-state index is 0.612. The largest absolute Gasteiger partial charge is 0.309 e. The van der Waals surface area contributed by atoms with Gasteiger partial charge >= 0.3 is 0 Å². The summed E-state index contributed by atoms with van der Waals surface area (Å²) in [6.07, 6.45) is 0. The monoisotopic (exact) mass is 789 g/mol. The zero-order chi connectivity index (χ0) is 40.7. The summed E-state index contributed by atoms with van der Waals surface area (Å²) in [5, 5.41) is 7.14. The van der Waals surface area contributed by atoms with Crippen molar-refractivity contribution in [3.63, 3.8) is 0 Å². The molecule has 13 aromatic rings. The minimum Gasteiger partial charge on any atom is -0.309 e. The highest BCUT2D eigenvalue weighted by molar-refractivity contribution is 6.35. The molecule has 0 atom stereocenters. The van der Waals surface area contributed by atoms with Crippen LogP contribution in [0.15, 0.2) is 212 Å². The first-order valence-corrected chi connectivity index (χ1v) is 21.0. The fourth-order valence-corrected chi connectivity index (χ4v) is 9.79. The van der Waals surface area contributed by atoms with E-state index in [4.69, 9.17) is 15.0 Å². The Morgan fingerprint density at radius 2 is 0.774 bits per heavy atom. The highest BCUT2D eigenvalue weighted by Crippen LogP contribution is 2.48. The lowest BCUT2D eigenvalue weighted by atomic mass is 9.95. The molecule has 0 fully saturated rings. The molecule has 288 valence electrons. The number of nitrogens with zero attached hydrogens (tertiary/aromatic N) is 5.